The van der Waals surface area contributed by atoms with Gasteiger partial charge in [0.15, 0.2) is 11.5 Å². The summed E-state index contributed by atoms with van der Waals surface area (Å²) in [6.07, 6.45) is 0. The maximum absolute atomic E-state index is 5.99. The van der Waals surface area contributed by atoms with Crippen molar-refractivity contribution >= 4 is 21.6 Å². The van der Waals surface area contributed by atoms with E-state index in [1.165, 1.54) is 0 Å². The molecule has 0 aromatic heterocycles. The van der Waals surface area contributed by atoms with Gasteiger partial charge in [-0.2, -0.15) is 0 Å². The summed E-state index contributed by atoms with van der Waals surface area (Å²) in [4.78, 5) is 0. The van der Waals surface area contributed by atoms with Gasteiger partial charge in [-0.05, 0) is 73.5 Å². The van der Waals surface area contributed by atoms with Crippen LogP contribution in [-0.2, 0) is 13.2 Å². The summed E-state index contributed by atoms with van der Waals surface area (Å²) in [6, 6.07) is 22.1. The molecule has 3 aromatic carbocycles. The molecule has 0 heterocycles. The van der Waals surface area contributed by atoms with E-state index >= 15 is 0 Å². The third kappa shape index (κ3) is 6.43. The number of hydrogen-bond acceptors (Lipinski definition) is 4. The van der Waals surface area contributed by atoms with Crippen LogP contribution in [0, 0.1) is 0 Å². The van der Waals surface area contributed by atoms with Gasteiger partial charge in [0.2, 0.25) is 0 Å². The molecule has 3 aromatic rings. The summed E-state index contributed by atoms with van der Waals surface area (Å²) < 4.78 is 18.3. The lowest BCUT2D eigenvalue weighted by Gasteiger charge is -2.14. The van der Waals surface area contributed by atoms with Gasteiger partial charge in [-0.1, -0.05) is 34.1 Å². The number of hydrogen-bond donors (Lipinski definition) is 1. The average Bonchev–Trinajstić information content (AvgIpc) is 2.74. The molecule has 0 bridgehead atoms. The highest BCUT2D eigenvalue weighted by Gasteiger charge is 2.08. The summed E-state index contributed by atoms with van der Waals surface area (Å²) >= 11 is 3.45. The molecule has 0 spiro atoms. The second kappa shape index (κ2) is 10.8. The molecule has 0 aliphatic rings. The van der Waals surface area contributed by atoms with E-state index in [1.54, 1.807) is 0 Å². The molecule has 0 radical (unpaired) electrons. The Bertz CT molecular complexity index is 895. The first-order valence-corrected chi connectivity index (χ1v) is 10.6. The van der Waals surface area contributed by atoms with Crippen molar-refractivity contribution in [2.45, 2.75) is 27.0 Å². The Labute approximate surface area is 180 Å². The molecule has 0 amide bonds. The van der Waals surface area contributed by atoms with Crippen molar-refractivity contribution in [3.8, 4) is 17.2 Å². The first-order chi connectivity index (χ1) is 14.2. The van der Waals surface area contributed by atoms with E-state index in [1.807, 2.05) is 74.5 Å². The van der Waals surface area contributed by atoms with Crippen LogP contribution in [0.15, 0.2) is 71.2 Å². The standard InChI is InChI=1S/C24H26BrNO3/c1-3-27-22-12-10-21(11-13-22)26-16-19-7-14-23(24(15-19)28-4-2)29-17-18-5-8-20(25)9-6-18/h5-15,26H,3-4,16-17H2,1-2H3. The van der Waals surface area contributed by atoms with Gasteiger partial charge in [-0.25, -0.2) is 0 Å². The number of ether oxygens (including phenoxy) is 3. The first-order valence-electron chi connectivity index (χ1n) is 9.77. The van der Waals surface area contributed by atoms with Crippen molar-refractivity contribution in [3.63, 3.8) is 0 Å². The van der Waals surface area contributed by atoms with Gasteiger partial charge in [-0.3, -0.25) is 0 Å². The fraction of sp³-hybridized carbons (Fsp3) is 0.250. The second-order valence-corrected chi connectivity index (χ2v) is 7.36. The number of anilines is 1. The Hall–Kier alpha value is -2.66. The lowest BCUT2D eigenvalue weighted by Crippen LogP contribution is -2.03. The van der Waals surface area contributed by atoms with Crippen LogP contribution in [0.5, 0.6) is 17.2 Å². The number of halogens is 1. The zero-order valence-electron chi connectivity index (χ0n) is 16.8. The van der Waals surface area contributed by atoms with Crippen LogP contribution in [-0.4, -0.2) is 13.2 Å². The van der Waals surface area contributed by atoms with Crippen LogP contribution < -0.4 is 19.5 Å². The highest BCUT2D eigenvalue weighted by molar-refractivity contribution is 9.10. The number of benzene rings is 3. The molecule has 152 valence electrons. The number of rotatable bonds is 10. The Morgan fingerprint density at radius 1 is 0.724 bits per heavy atom. The Morgan fingerprint density at radius 2 is 1.41 bits per heavy atom. The molecule has 0 saturated heterocycles. The predicted octanol–water partition coefficient (Wildman–Crippen LogP) is 6.44. The van der Waals surface area contributed by atoms with E-state index in [4.69, 9.17) is 14.2 Å². The Kier molecular flexibility index (Phi) is 7.82. The maximum Gasteiger partial charge on any atom is 0.161 e. The fourth-order valence-corrected chi connectivity index (χ4v) is 3.10. The van der Waals surface area contributed by atoms with Gasteiger partial charge in [0.05, 0.1) is 13.2 Å². The lowest BCUT2D eigenvalue weighted by atomic mass is 10.2. The van der Waals surface area contributed by atoms with Crippen LogP contribution in [0.3, 0.4) is 0 Å². The van der Waals surface area contributed by atoms with E-state index in [2.05, 4.69) is 27.3 Å². The van der Waals surface area contributed by atoms with E-state index in [9.17, 15) is 0 Å². The molecule has 29 heavy (non-hydrogen) atoms. The normalized spacial score (nSPS) is 10.4. The van der Waals surface area contributed by atoms with E-state index in [-0.39, 0.29) is 0 Å². The minimum absolute atomic E-state index is 0.497. The predicted molar refractivity (Wildman–Crippen MR) is 121 cm³/mol. The van der Waals surface area contributed by atoms with E-state index < -0.39 is 0 Å². The van der Waals surface area contributed by atoms with Crippen LogP contribution in [0.1, 0.15) is 25.0 Å². The van der Waals surface area contributed by atoms with Gasteiger partial charge >= 0.3 is 0 Å². The summed E-state index contributed by atoms with van der Waals surface area (Å²) in [7, 11) is 0. The molecule has 0 unspecified atom stereocenters. The highest BCUT2D eigenvalue weighted by Crippen LogP contribution is 2.30. The highest BCUT2D eigenvalue weighted by atomic mass is 79.9. The van der Waals surface area contributed by atoms with Gasteiger partial charge in [0.25, 0.3) is 0 Å². The van der Waals surface area contributed by atoms with Crippen molar-refractivity contribution < 1.29 is 14.2 Å². The smallest absolute Gasteiger partial charge is 0.161 e. The van der Waals surface area contributed by atoms with Crippen LogP contribution in [0.2, 0.25) is 0 Å². The van der Waals surface area contributed by atoms with Crippen molar-refractivity contribution in [1.82, 2.24) is 0 Å². The Balaban J connectivity index is 1.62. The SMILES string of the molecule is CCOc1ccc(NCc2ccc(OCc3ccc(Br)cc3)c(OCC)c2)cc1. The zero-order valence-corrected chi connectivity index (χ0v) is 18.4. The minimum Gasteiger partial charge on any atom is -0.494 e. The molecule has 3 rings (SSSR count). The molecule has 0 aliphatic carbocycles. The monoisotopic (exact) mass is 455 g/mol. The van der Waals surface area contributed by atoms with E-state index in [0.29, 0.717) is 26.4 Å². The molecular weight excluding hydrogens is 430 g/mol. The maximum atomic E-state index is 5.99. The van der Waals surface area contributed by atoms with Crippen molar-refractivity contribution in [2.24, 2.45) is 0 Å². The molecule has 0 fully saturated rings. The summed E-state index contributed by atoms with van der Waals surface area (Å²) in [5.41, 5.74) is 3.28. The van der Waals surface area contributed by atoms with Gasteiger partial charge < -0.3 is 19.5 Å². The largest absolute Gasteiger partial charge is 0.494 e. The topological polar surface area (TPSA) is 39.7 Å². The minimum atomic E-state index is 0.497. The van der Waals surface area contributed by atoms with Gasteiger partial charge in [0, 0.05) is 16.7 Å². The average molecular weight is 456 g/mol. The lowest BCUT2D eigenvalue weighted by molar-refractivity contribution is 0.269. The van der Waals surface area contributed by atoms with Crippen LogP contribution >= 0.6 is 15.9 Å². The number of nitrogens with one attached hydrogen (secondary N) is 1. The van der Waals surface area contributed by atoms with Crippen molar-refractivity contribution in [2.75, 3.05) is 18.5 Å². The molecule has 4 nitrogen and oxygen atoms in total. The van der Waals surface area contributed by atoms with Gasteiger partial charge in [0.1, 0.15) is 12.4 Å². The quantitative estimate of drug-likeness (QED) is 0.381. The summed E-state index contributed by atoms with van der Waals surface area (Å²) in [6.45, 7) is 6.41. The molecule has 0 aliphatic heterocycles. The third-order valence-corrected chi connectivity index (χ3v) is 4.81. The zero-order chi connectivity index (χ0) is 20.5. The molecule has 0 saturated carbocycles. The van der Waals surface area contributed by atoms with Crippen molar-refractivity contribution in [1.29, 1.82) is 0 Å². The molecular formula is C24H26BrNO3. The van der Waals surface area contributed by atoms with Crippen LogP contribution in [0.4, 0.5) is 5.69 Å². The first kappa shape index (κ1) is 21.1. The van der Waals surface area contributed by atoms with Crippen LogP contribution in [0.25, 0.3) is 0 Å². The fourth-order valence-electron chi connectivity index (χ4n) is 2.83. The van der Waals surface area contributed by atoms with Gasteiger partial charge in [-0.15, -0.1) is 0 Å². The van der Waals surface area contributed by atoms with Crippen molar-refractivity contribution in [3.05, 3.63) is 82.3 Å². The molecule has 0 atom stereocenters. The summed E-state index contributed by atoms with van der Waals surface area (Å²) in [5.74, 6) is 2.39. The van der Waals surface area contributed by atoms with E-state index in [0.717, 1.165) is 38.5 Å². The Morgan fingerprint density at radius 3 is 2.10 bits per heavy atom. The second-order valence-electron chi connectivity index (χ2n) is 6.44. The molecule has 5 heteroatoms. The molecule has 1 N–H and O–H groups in total. The summed E-state index contributed by atoms with van der Waals surface area (Å²) in [5, 5.41) is 3.43. The third-order valence-electron chi connectivity index (χ3n) is 4.28.